The second-order valence-corrected chi connectivity index (χ2v) is 13.1. The topological polar surface area (TPSA) is 134 Å². The fourth-order valence-electron chi connectivity index (χ4n) is 8.05. The number of hydrazine groups is 1. The van der Waals surface area contributed by atoms with E-state index in [0.717, 1.165) is 16.1 Å². The predicted octanol–water partition coefficient (Wildman–Crippen LogP) is 4.65. The lowest BCUT2D eigenvalue weighted by atomic mass is 9.49. The summed E-state index contributed by atoms with van der Waals surface area (Å²) in [4.78, 5) is 55.8. The Morgan fingerprint density at radius 1 is 0.957 bits per heavy atom. The molecule has 12 heteroatoms. The number of anilines is 1. The lowest BCUT2D eigenvalue weighted by molar-refractivity contribution is -0.138. The summed E-state index contributed by atoms with van der Waals surface area (Å²) in [5, 5.41) is 13.4. The van der Waals surface area contributed by atoms with Crippen LogP contribution in [-0.2, 0) is 24.6 Å². The van der Waals surface area contributed by atoms with E-state index in [1.54, 1.807) is 55.6 Å². The molecule has 10 nitrogen and oxygen atoms in total. The van der Waals surface area contributed by atoms with Crippen molar-refractivity contribution in [1.82, 2.24) is 10.3 Å². The van der Waals surface area contributed by atoms with Gasteiger partial charge in [0.1, 0.15) is 18.1 Å². The Morgan fingerprint density at radius 2 is 1.68 bits per heavy atom. The number of fused-ring (bicyclic) bond motifs is 4. The van der Waals surface area contributed by atoms with Crippen LogP contribution < -0.4 is 20.2 Å². The number of allylic oxidation sites excluding steroid dienone is 2. The minimum absolute atomic E-state index is 0.112. The maximum Gasteiger partial charge on any atom is 0.260 e. The van der Waals surface area contributed by atoms with Gasteiger partial charge in [0.15, 0.2) is 0 Å². The van der Waals surface area contributed by atoms with E-state index in [1.165, 1.54) is 6.07 Å². The van der Waals surface area contributed by atoms with Gasteiger partial charge in [-0.15, -0.1) is 0 Å². The molecule has 0 spiro atoms. The molecule has 7 rings (SSSR count). The number of nitrogens with zero attached hydrogens (tertiary/aromatic N) is 1. The van der Waals surface area contributed by atoms with Crippen LogP contribution in [0.1, 0.15) is 29.9 Å². The van der Waals surface area contributed by atoms with E-state index >= 15 is 4.79 Å². The number of aliphatic hydroxyl groups excluding tert-OH is 1. The number of rotatable bonds is 8. The van der Waals surface area contributed by atoms with Gasteiger partial charge >= 0.3 is 0 Å². The van der Waals surface area contributed by atoms with Crippen molar-refractivity contribution < 1.29 is 33.8 Å². The molecule has 1 saturated carbocycles. The van der Waals surface area contributed by atoms with E-state index in [0.29, 0.717) is 34.2 Å². The van der Waals surface area contributed by atoms with E-state index in [4.69, 9.17) is 32.7 Å². The van der Waals surface area contributed by atoms with Crippen LogP contribution in [0.5, 0.6) is 11.5 Å². The van der Waals surface area contributed by atoms with Crippen LogP contribution in [0, 0.1) is 23.7 Å². The highest BCUT2D eigenvalue weighted by molar-refractivity contribution is 6.36. The Labute approximate surface area is 280 Å². The van der Waals surface area contributed by atoms with Gasteiger partial charge in [-0.1, -0.05) is 59.1 Å². The van der Waals surface area contributed by atoms with E-state index in [9.17, 15) is 19.5 Å². The smallest absolute Gasteiger partial charge is 0.260 e. The van der Waals surface area contributed by atoms with Gasteiger partial charge in [0.2, 0.25) is 11.8 Å². The molecule has 242 valence electrons. The third kappa shape index (κ3) is 4.89. The van der Waals surface area contributed by atoms with Gasteiger partial charge in [-0.2, -0.15) is 5.01 Å². The number of methoxy groups -OCH3 is 1. The lowest BCUT2D eigenvalue weighted by Crippen LogP contribution is -2.53. The van der Waals surface area contributed by atoms with Crippen molar-refractivity contribution in [2.75, 3.05) is 25.7 Å². The van der Waals surface area contributed by atoms with Crippen LogP contribution in [0.2, 0.25) is 10.0 Å². The summed E-state index contributed by atoms with van der Waals surface area (Å²) in [6.45, 7) is -0.0391. The number of carbonyl (C=O) groups excluding carboxylic acids is 4. The van der Waals surface area contributed by atoms with Gasteiger partial charge < -0.3 is 14.6 Å². The Kier molecular flexibility index (Phi) is 7.98. The van der Waals surface area contributed by atoms with Crippen LogP contribution in [0.25, 0.3) is 0 Å². The molecule has 2 heterocycles. The van der Waals surface area contributed by atoms with E-state index < -0.39 is 46.8 Å². The van der Waals surface area contributed by atoms with Crippen LogP contribution >= 0.6 is 23.2 Å². The highest BCUT2D eigenvalue weighted by atomic mass is 35.5. The molecular formula is C35H31Cl2N3O7. The van der Waals surface area contributed by atoms with Gasteiger partial charge in [0.05, 0.1) is 47.6 Å². The molecule has 4 aliphatic rings. The Balaban J connectivity index is 1.44. The molecule has 0 aromatic heterocycles. The average molecular weight is 677 g/mol. The first-order valence-electron chi connectivity index (χ1n) is 15.3. The van der Waals surface area contributed by atoms with Gasteiger partial charge in [0.25, 0.3) is 11.8 Å². The normalized spacial score (nSPS) is 27.9. The second-order valence-electron chi connectivity index (χ2n) is 12.2. The zero-order chi connectivity index (χ0) is 33.0. The van der Waals surface area contributed by atoms with Crippen molar-refractivity contribution in [3.8, 4) is 11.5 Å². The molecule has 0 bridgehead atoms. The number of benzene rings is 3. The van der Waals surface area contributed by atoms with Gasteiger partial charge in [-0.25, -0.2) is 0 Å². The summed E-state index contributed by atoms with van der Waals surface area (Å²) >= 11 is 12.6. The van der Waals surface area contributed by atoms with Crippen molar-refractivity contribution >= 4 is 52.5 Å². The molecule has 4 amide bonds. The highest BCUT2D eigenvalue weighted by Crippen LogP contribution is 2.63. The Hall–Kier alpha value is -4.38. The number of hydrogen-bond acceptors (Lipinski definition) is 8. The average Bonchev–Trinajstić information content (AvgIpc) is 3.49. The lowest BCUT2D eigenvalue weighted by Gasteiger charge is -2.50. The standard InChI is InChI=1S/C35H31Cl2N3O7/c1-46-21-9-4-19(5-10-21)35-26(33(44)40(34(35)45)39-28-13-6-20(36)16-27(28)37)17-25-23(11-12-24-29(25)32(43)38-31(24)42)30(35)18-2-7-22(8-3-18)47-15-14-41/h2-11,13,16,24-26,29-30,39,41H,12,14-15,17H2,1H3,(H,38,42,43). The van der Waals surface area contributed by atoms with Crippen LogP contribution in [0.3, 0.4) is 0 Å². The van der Waals surface area contributed by atoms with E-state index in [1.807, 2.05) is 18.2 Å². The van der Waals surface area contributed by atoms with Gasteiger partial charge in [0, 0.05) is 10.9 Å². The first-order valence-corrected chi connectivity index (χ1v) is 16.1. The molecular weight excluding hydrogens is 645 g/mol. The van der Waals surface area contributed by atoms with Crippen molar-refractivity contribution in [2.24, 2.45) is 23.7 Å². The van der Waals surface area contributed by atoms with Crippen LogP contribution in [0.4, 0.5) is 5.69 Å². The number of aliphatic hydroxyl groups is 1. The predicted molar refractivity (Wildman–Crippen MR) is 173 cm³/mol. The Bertz CT molecular complexity index is 1810. The quantitative estimate of drug-likeness (QED) is 0.232. The van der Waals surface area contributed by atoms with Gasteiger partial charge in [-0.05, 0) is 72.4 Å². The largest absolute Gasteiger partial charge is 0.497 e. The summed E-state index contributed by atoms with van der Waals surface area (Å²) < 4.78 is 11.0. The Morgan fingerprint density at radius 3 is 2.36 bits per heavy atom. The molecule has 0 radical (unpaired) electrons. The van der Waals surface area contributed by atoms with E-state index in [-0.39, 0.29) is 36.5 Å². The fourth-order valence-corrected chi connectivity index (χ4v) is 8.50. The number of amides is 4. The van der Waals surface area contributed by atoms with Gasteiger partial charge in [-0.3, -0.25) is 29.9 Å². The zero-order valence-electron chi connectivity index (χ0n) is 25.2. The monoisotopic (exact) mass is 675 g/mol. The van der Waals surface area contributed by atoms with Crippen molar-refractivity contribution in [1.29, 1.82) is 0 Å². The molecule has 3 N–H and O–H groups in total. The number of hydrogen-bond donors (Lipinski definition) is 3. The molecule has 2 aliphatic heterocycles. The molecule has 3 aromatic carbocycles. The summed E-state index contributed by atoms with van der Waals surface area (Å²) in [7, 11) is 1.55. The van der Waals surface area contributed by atoms with E-state index in [2.05, 4.69) is 10.7 Å². The SMILES string of the molecule is COc1ccc(C23C(=O)N(Nc4ccc(Cl)cc4Cl)C(=O)C2CC2C(=CCC4C(=O)NC(=O)C42)C3c2ccc(OCCO)cc2)cc1. The maximum absolute atomic E-state index is 15.1. The minimum atomic E-state index is -1.45. The summed E-state index contributed by atoms with van der Waals surface area (Å²) in [5.74, 6) is -3.83. The number of halogens is 2. The molecule has 3 fully saturated rings. The molecule has 6 unspecified atom stereocenters. The molecule has 2 saturated heterocycles. The third-order valence-electron chi connectivity index (χ3n) is 10.00. The molecule has 2 aliphatic carbocycles. The number of carbonyl (C=O) groups is 4. The molecule has 47 heavy (non-hydrogen) atoms. The van der Waals surface area contributed by atoms with Crippen molar-refractivity contribution in [3.63, 3.8) is 0 Å². The molecule has 3 aromatic rings. The number of ether oxygens (including phenoxy) is 2. The van der Waals surface area contributed by atoms with Crippen molar-refractivity contribution in [2.45, 2.75) is 24.2 Å². The second kappa shape index (κ2) is 12.0. The van der Waals surface area contributed by atoms with Crippen molar-refractivity contribution in [3.05, 3.63) is 99.6 Å². The first-order chi connectivity index (χ1) is 22.7. The molecule has 6 atom stereocenters. The summed E-state index contributed by atoms with van der Waals surface area (Å²) in [6.07, 6.45) is 2.48. The highest BCUT2D eigenvalue weighted by Gasteiger charge is 2.70. The summed E-state index contributed by atoms with van der Waals surface area (Å²) in [5.41, 5.74) is 4.02. The number of nitrogens with one attached hydrogen (secondary N) is 2. The first kappa shape index (κ1) is 31.2. The minimum Gasteiger partial charge on any atom is -0.497 e. The summed E-state index contributed by atoms with van der Waals surface area (Å²) in [6, 6.07) is 19.0. The van der Waals surface area contributed by atoms with Crippen LogP contribution in [-0.4, -0.2) is 54.1 Å². The zero-order valence-corrected chi connectivity index (χ0v) is 26.8. The maximum atomic E-state index is 15.1. The number of imide groups is 2. The van der Waals surface area contributed by atoms with Crippen LogP contribution in [0.15, 0.2) is 78.4 Å². The third-order valence-corrected chi connectivity index (χ3v) is 10.5. The fraction of sp³-hybridized carbons (Fsp3) is 0.314.